The quantitative estimate of drug-likeness (QED) is 0.696. The molecular formula is C20H17Cl2N3O2. The van der Waals surface area contributed by atoms with Crippen molar-refractivity contribution in [2.45, 2.75) is 6.92 Å². The Labute approximate surface area is 166 Å². The Balaban J connectivity index is 1.76. The predicted molar refractivity (Wildman–Crippen MR) is 109 cm³/mol. The fourth-order valence-electron chi connectivity index (χ4n) is 2.75. The second-order valence-corrected chi connectivity index (χ2v) is 6.98. The number of nitrogens with zero attached hydrogens (tertiary/aromatic N) is 2. The summed E-state index contributed by atoms with van der Waals surface area (Å²) in [6.45, 7) is 1.73. The second kappa shape index (κ2) is 7.94. The summed E-state index contributed by atoms with van der Waals surface area (Å²) >= 11 is 11.8. The number of hydrogen-bond donors (Lipinski definition) is 1. The molecule has 0 bridgehead atoms. The number of halogens is 2. The molecule has 0 saturated heterocycles. The minimum Gasteiger partial charge on any atom is -0.332 e. The monoisotopic (exact) mass is 401 g/mol. The van der Waals surface area contributed by atoms with Gasteiger partial charge in [-0.25, -0.2) is 0 Å². The largest absolute Gasteiger partial charge is 0.332 e. The van der Waals surface area contributed by atoms with E-state index in [9.17, 15) is 9.59 Å². The zero-order valence-electron chi connectivity index (χ0n) is 14.8. The van der Waals surface area contributed by atoms with Gasteiger partial charge in [-0.1, -0.05) is 41.4 Å². The van der Waals surface area contributed by atoms with E-state index in [1.54, 1.807) is 31.3 Å². The summed E-state index contributed by atoms with van der Waals surface area (Å²) in [6, 6.07) is 14.0. The molecule has 7 heteroatoms. The van der Waals surface area contributed by atoms with Gasteiger partial charge in [0.05, 0.1) is 27.7 Å². The molecule has 1 N–H and O–H groups in total. The van der Waals surface area contributed by atoms with Crippen molar-refractivity contribution in [3.63, 3.8) is 0 Å². The molecule has 0 radical (unpaired) electrons. The van der Waals surface area contributed by atoms with Crippen molar-refractivity contribution >= 4 is 51.6 Å². The van der Waals surface area contributed by atoms with Crippen LogP contribution in [-0.2, 0) is 4.79 Å². The van der Waals surface area contributed by atoms with Crippen LogP contribution in [0.25, 0.3) is 10.9 Å². The lowest BCUT2D eigenvalue weighted by atomic mass is 10.1. The lowest BCUT2D eigenvalue weighted by molar-refractivity contribution is -0.116. The number of carbonyl (C=O) groups is 2. The Bertz CT molecular complexity index is 1040. The topological polar surface area (TPSA) is 62.3 Å². The molecule has 0 fully saturated rings. The van der Waals surface area contributed by atoms with E-state index in [-0.39, 0.29) is 18.4 Å². The number of anilines is 1. The van der Waals surface area contributed by atoms with E-state index in [4.69, 9.17) is 23.2 Å². The van der Waals surface area contributed by atoms with Gasteiger partial charge in [-0.2, -0.15) is 0 Å². The first kappa shape index (κ1) is 19.1. The molecule has 2 amide bonds. The van der Waals surface area contributed by atoms with Gasteiger partial charge < -0.3 is 10.2 Å². The Morgan fingerprint density at radius 2 is 1.81 bits per heavy atom. The number of aromatic nitrogens is 1. The van der Waals surface area contributed by atoms with E-state index >= 15 is 0 Å². The highest BCUT2D eigenvalue weighted by Gasteiger charge is 2.18. The highest BCUT2D eigenvalue weighted by Crippen LogP contribution is 2.25. The van der Waals surface area contributed by atoms with E-state index in [0.29, 0.717) is 21.3 Å². The molecule has 3 rings (SSSR count). The Hall–Kier alpha value is -2.63. The molecule has 138 valence electrons. The summed E-state index contributed by atoms with van der Waals surface area (Å²) in [7, 11) is 1.58. The molecule has 5 nitrogen and oxygen atoms in total. The van der Waals surface area contributed by atoms with Gasteiger partial charge in [0.1, 0.15) is 0 Å². The van der Waals surface area contributed by atoms with E-state index in [0.717, 1.165) is 16.6 Å². The van der Waals surface area contributed by atoms with Crippen LogP contribution in [0.1, 0.15) is 16.1 Å². The number of likely N-dealkylation sites (N-methyl/N-ethyl adjacent to an activating group) is 1. The van der Waals surface area contributed by atoms with E-state index < -0.39 is 0 Å². The lowest BCUT2D eigenvalue weighted by Gasteiger charge is -2.18. The summed E-state index contributed by atoms with van der Waals surface area (Å²) in [6.07, 6.45) is 0. The molecule has 2 aromatic carbocycles. The minimum atomic E-state index is -0.334. The Morgan fingerprint density at radius 3 is 2.56 bits per heavy atom. The molecular weight excluding hydrogens is 385 g/mol. The van der Waals surface area contributed by atoms with Gasteiger partial charge in [-0.05, 0) is 37.3 Å². The summed E-state index contributed by atoms with van der Waals surface area (Å²) in [5.74, 6) is -0.583. The van der Waals surface area contributed by atoms with Gasteiger partial charge in [0.25, 0.3) is 5.91 Å². The fraction of sp³-hybridized carbons (Fsp3) is 0.150. The van der Waals surface area contributed by atoms with Gasteiger partial charge in [0.2, 0.25) is 5.91 Å². The molecule has 0 saturated carbocycles. The molecule has 0 atom stereocenters. The van der Waals surface area contributed by atoms with Crippen LogP contribution in [0.2, 0.25) is 10.0 Å². The maximum Gasteiger partial charge on any atom is 0.254 e. The van der Waals surface area contributed by atoms with Crippen molar-refractivity contribution in [1.29, 1.82) is 0 Å². The average Bonchev–Trinajstić information content (AvgIpc) is 2.63. The molecule has 27 heavy (non-hydrogen) atoms. The number of carbonyl (C=O) groups excluding carboxylic acids is 2. The van der Waals surface area contributed by atoms with E-state index in [2.05, 4.69) is 10.3 Å². The molecule has 0 aliphatic carbocycles. The van der Waals surface area contributed by atoms with Crippen LogP contribution >= 0.6 is 23.2 Å². The highest BCUT2D eigenvalue weighted by molar-refractivity contribution is 6.42. The van der Waals surface area contributed by atoms with Crippen LogP contribution in [0.5, 0.6) is 0 Å². The van der Waals surface area contributed by atoms with Gasteiger partial charge >= 0.3 is 0 Å². The predicted octanol–water partition coefficient (Wildman–Crippen LogP) is 4.56. The van der Waals surface area contributed by atoms with Gasteiger partial charge in [-0.3, -0.25) is 14.6 Å². The third-order valence-electron chi connectivity index (χ3n) is 4.01. The number of rotatable bonds is 4. The summed E-state index contributed by atoms with van der Waals surface area (Å²) < 4.78 is 0. The van der Waals surface area contributed by atoms with Gasteiger partial charge in [-0.15, -0.1) is 0 Å². The van der Waals surface area contributed by atoms with Crippen LogP contribution < -0.4 is 5.32 Å². The SMILES string of the molecule is Cc1cc(C(=O)N(C)CC(=O)Nc2ccc(Cl)c(Cl)c2)c2ccccc2n1. The van der Waals surface area contributed by atoms with Crippen LogP contribution in [0, 0.1) is 6.92 Å². The molecule has 0 unspecified atom stereocenters. The normalized spacial score (nSPS) is 10.7. The average molecular weight is 402 g/mol. The first-order chi connectivity index (χ1) is 12.8. The summed E-state index contributed by atoms with van der Waals surface area (Å²) in [5, 5.41) is 4.21. The van der Waals surface area contributed by atoms with Crippen molar-refractivity contribution in [1.82, 2.24) is 9.88 Å². The fourth-order valence-corrected chi connectivity index (χ4v) is 3.05. The van der Waals surface area contributed by atoms with Crippen LogP contribution in [0.3, 0.4) is 0 Å². The zero-order valence-corrected chi connectivity index (χ0v) is 16.3. The standard InChI is InChI=1S/C20H17Cl2N3O2/c1-12-9-15(14-5-3-4-6-18(14)23-12)20(27)25(2)11-19(26)24-13-7-8-16(21)17(22)10-13/h3-10H,11H2,1-2H3,(H,24,26). The van der Waals surface area contributed by atoms with Crippen LogP contribution in [-0.4, -0.2) is 35.3 Å². The number of aryl methyl sites for hydroxylation is 1. The number of hydrogen-bond acceptors (Lipinski definition) is 3. The molecule has 0 aliphatic rings. The van der Waals surface area contributed by atoms with Crippen molar-refractivity contribution in [2.24, 2.45) is 0 Å². The summed E-state index contributed by atoms with van der Waals surface area (Å²) in [5.41, 5.74) is 2.52. The minimum absolute atomic E-state index is 0.102. The van der Waals surface area contributed by atoms with Gasteiger partial charge in [0.15, 0.2) is 0 Å². The van der Waals surface area contributed by atoms with Crippen molar-refractivity contribution in [2.75, 3.05) is 18.9 Å². The van der Waals surface area contributed by atoms with Crippen molar-refractivity contribution in [3.05, 3.63) is 69.8 Å². The summed E-state index contributed by atoms with van der Waals surface area (Å²) in [4.78, 5) is 31.0. The number of nitrogens with one attached hydrogen (secondary N) is 1. The number of fused-ring (bicyclic) bond motifs is 1. The maximum atomic E-state index is 12.9. The molecule has 1 heterocycles. The molecule has 1 aromatic heterocycles. The van der Waals surface area contributed by atoms with E-state index in [1.807, 2.05) is 31.2 Å². The third-order valence-corrected chi connectivity index (χ3v) is 4.74. The number of para-hydroxylation sites is 1. The van der Waals surface area contributed by atoms with E-state index in [1.165, 1.54) is 4.90 Å². The first-order valence-corrected chi connectivity index (χ1v) is 8.97. The molecule has 3 aromatic rings. The highest BCUT2D eigenvalue weighted by atomic mass is 35.5. The zero-order chi connectivity index (χ0) is 19.6. The third kappa shape index (κ3) is 4.38. The Morgan fingerprint density at radius 1 is 1.07 bits per heavy atom. The smallest absolute Gasteiger partial charge is 0.254 e. The van der Waals surface area contributed by atoms with Gasteiger partial charge in [0, 0.05) is 23.8 Å². The number of pyridine rings is 1. The van der Waals surface area contributed by atoms with Crippen LogP contribution in [0.4, 0.5) is 5.69 Å². The Kier molecular flexibility index (Phi) is 5.63. The van der Waals surface area contributed by atoms with Crippen LogP contribution in [0.15, 0.2) is 48.5 Å². The second-order valence-electron chi connectivity index (χ2n) is 6.17. The number of amides is 2. The number of benzene rings is 2. The first-order valence-electron chi connectivity index (χ1n) is 8.22. The maximum absolute atomic E-state index is 12.9. The van der Waals surface area contributed by atoms with Crippen molar-refractivity contribution < 1.29 is 9.59 Å². The van der Waals surface area contributed by atoms with Crippen molar-refractivity contribution in [3.8, 4) is 0 Å². The molecule has 0 spiro atoms. The lowest BCUT2D eigenvalue weighted by Crippen LogP contribution is -2.35. The molecule has 0 aliphatic heterocycles.